The van der Waals surface area contributed by atoms with Crippen molar-refractivity contribution in [2.45, 2.75) is 0 Å². The number of hydrazine groups is 1. The number of nitrogens with zero attached hydrogens (tertiary/aromatic N) is 2. The lowest BCUT2D eigenvalue weighted by atomic mass is 10.3. The number of halogens is 2. The Bertz CT molecular complexity index is 385. The molecule has 1 aliphatic rings. The zero-order chi connectivity index (χ0) is 10.8. The first-order chi connectivity index (χ1) is 7.20. The highest BCUT2D eigenvalue weighted by Crippen LogP contribution is 2.32. The second-order valence-electron chi connectivity index (χ2n) is 3.07. The van der Waals surface area contributed by atoms with Crippen molar-refractivity contribution in [1.82, 2.24) is 5.32 Å². The SMILES string of the molecule is NN(C1=NCCN1)c1c(Cl)cccc1Cl. The summed E-state index contributed by atoms with van der Waals surface area (Å²) in [6, 6.07) is 5.24. The molecule has 0 unspecified atom stereocenters. The molecular weight excluding hydrogens is 235 g/mol. The zero-order valence-electron chi connectivity index (χ0n) is 7.87. The Labute approximate surface area is 97.6 Å². The van der Waals surface area contributed by atoms with E-state index < -0.39 is 0 Å². The number of aliphatic imine (C=N–C) groups is 1. The molecule has 1 aromatic carbocycles. The summed E-state index contributed by atoms with van der Waals surface area (Å²) >= 11 is 12.0. The lowest BCUT2D eigenvalue weighted by Gasteiger charge is -2.20. The molecule has 1 aliphatic heterocycles. The minimum atomic E-state index is 0.501. The van der Waals surface area contributed by atoms with Crippen LogP contribution >= 0.6 is 23.2 Å². The Hall–Kier alpha value is -0.970. The molecule has 6 heteroatoms. The third-order valence-electron chi connectivity index (χ3n) is 2.06. The molecule has 0 saturated carbocycles. The van der Waals surface area contributed by atoms with Crippen molar-refractivity contribution in [1.29, 1.82) is 0 Å². The number of anilines is 1. The maximum absolute atomic E-state index is 6.01. The van der Waals surface area contributed by atoms with Gasteiger partial charge in [-0.15, -0.1) is 0 Å². The minimum Gasteiger partial charge on any atom is -0.353 e. The van der Waals surface area contributed by atoms with Gasteiger partial charge in [-0.1, -0.05) is 29.3 Å². The molecule has 0 aliphatic carbocycles. The summed E-state index contributed by atoms with van der Waals surface area (Å²) in [6.07, 6.45) is 0. The molecule has 80 valence electrons. The van der Waals surface area contributed by atoms with Gasteiger partial charge in [-0.2, -0.15) is 0 Å². The Balaban J connectivity index is 2.36. The summed E-state index contributed by atoms with van der Waals surface area (Å²) < 4.78 is 0. The van der Waals surface area contributed by atoms with Gasteiger partial charge in [0.2, 0.25) is 5.96 Å². The number of hydrogen-bond donors (Lipinski definition) is 2. The van der Waals surface area contributed by atoms with Crippen LogP contribution in [0.3, 0.4) is 0 Å². The number of para-hydroxylation sites is 1. The van der Waals surface area contributed by atoms with E-state index in [2.05, 4.69) is 10.3 Å². The van der Waals surface area contributed by atoms with Gasteiger partial charge in [0.25, 0.3) is 0 Å². The molecule has 0 fully saturated rings. The number of nitrogens with two attached hydrogens (primary N) is 1. The average Bonchev–Trinajstić information content (AvgIpc) is 2.69. The summed E-state index contributed by atoms with van der Waals surface area (Å²) in [7, 11) is 0. The van der Waals surface area contributed by atoms with E-state index in [0.29, 0.717) is 28.2 Å². The van der Waals surface area contributed by atoms with Crippen molar-refractivity contribution in [2.24, 2.45) is 10.8 Å². The number of rotatable bonds is 1. The molecule has 0 saturated heterocycles. The van der Waals surface area contributed by atoms with E-state index in [1.807, 2.05) is 0 Å². The van der Waals surface area contributed by atoms with Gasteiger partial charge in [0.15, 0.2) is 0 Å². The molecule has 0 amide bonds. The second kappa shape index (κ2) is 4.26. The normalized spacial score (nSPS) is 14.7. The third kappa shape index (κ3) is 2.02. The fraction of sp³-hybridized carbons (Fsp3) is 0.222. The first-order valence-corrected chi connectivity index (χ1v) is 5.23. The summed E-state index contributed by atoms with van der Waals surface area (Å²) in [5, 5.41) is 5.42. The average molecular weight is 245 g/mol. The molecule has 15 heavy (non-hydrogen) atoms. The van der Waals surface area contributed by atoms with Crippen LogP contribution in [0.25, 0.3) is 0 Å². The molecule has 3 N–H and O–H groups in total. The van der Waals surface area contributed by atoms with Gasteiger partial charge < -0.3 is 5.32 Å². The number of hydrogen-bond acceptors (Lipinski definition) is 4. The standard InChI is InChI=1S/C9H10Cl2N4/c10-6-2-1-3-7(11)8(6)15(12)9-13-4-5-14-9/h1-3H,4-5,12H2,(H,13,14). The molecule has 0 aromatic heterocycles. The Morgan fingerprint density at radius 2 is 2.00 bits per heavy atom. The fourth-order valence-corrected chi connectivity index (χ4v) is 1.95. The van der Waals surface area contributed by atoms with Crippen LogP contribution in [0, 0.1) is 0 Å². The molecule has 0 bridgehead atoms. The summed E-state index contributed by atoms with van der Waals surface area (Å²) in [5.41, 5.74) is 0.564. The fourth-order valence-electron chi connectivity index (χ4n) is 1.37. The first kappa shape index (κ1) is 10.5. The van der Waals surface area contributed by atoms with Crippen LogP contribution in [0.4, 0.5) is 5.69 Å². The number of nitrogens with one attached hydrogen (secondary N) is 1. The highest BCUT2D eigenvalue weighted by atomic mass is 35.5. The predicted octanol–water partition coefficient (Wildman–Crippen LogP) is 1.63. The lowest BCUT2D eigenvalue weighted by molar-refractivity contribution is 0.943. The van der Waals surface area contributed by atoms with Gasteiger partial charge in [0, 0.05) is 6.54 Å². The van der Waals surface area contributed by atoms with Crippen LogP contribution in [-0.2, 0) is 0 Å². The molecule has 2 rings (SSSR count). The lowest BCUT2D eigenvalue weighted by Crippen LogP contribution is -2.44. The third-order valence-corrected chi connectivity index (χ3v) is 2.67. The summed E-state index contributed by atoms with van der Waals surface area (Å²) in [6.45, 7) is 1.50. The molecule has 0 atom stereocenters. The van der Waals surface area contributed by atoms with Gasteiger partial charge in [0.05, 0.1) is 22.3 Å². The van der Waals surface area contributed by atoms with Crippen LogP contribution in [0.2, 0.25) is 10.0 Å². The largest absolute Gasteiger partial charge is 0.353 e. The molecule has 4 nitrogen and oxygen atoms in total. The summed E-state index contributed by atoms with van der Waals surface area (Å²) in [5.74, 6) is 6.46. The number of benzene rings is 1. The van der Waals surface area contributed by atoms with Crippen LogP contribution in [0.15, 0.2) is 23.2 Å². The van der Waals surface area contributed by atoms with E-state index in [1.165, 1.54) is 5.01 Å². The Morgan fingerprint density at radius 3 is 2.53 bits per heavy atom. The zero-order valence-corrected chi connectivity index (χ0v) is 9.39. The maximum atomic E-state index is 6.01. The maximum Gasteiger partial charge on any atom is 0.213 e. The van der Waals surface area contributed by atoms with Crippen molar-refractivity contribution in [3.8, 4) is 0 Å². The molecule has 0 spiro atoms. The number of guanidine groups is 1. The highest BCUT2D eigenvalue weighted by molar-refractivity contribution is 6.39. The van der Waals surface area contributed by atoms with Gasteiger partial charge >= 0.3 is 0 Å². The first-order valence-electron chi connectivity index (χ1n) is 4.47. The van der Waals surface area contributed by atoms with Crippen molar-refractivity contribution in [3.05, 3.63) is 28.2 Å². The van der Waals surface area contributed by atoms with E-state index in [-0.39, 0.29) is 0 Å². The monoisotopic (exact) mass is 244 g/mol. The van der Waals surface area contributed by atoms with Gasteiger partial charge in [-0.05, 0) is 12.1 Å². The second-order valence-corrected chi connectivity index (χ2v) is 3.89. The van der Waals surface area contributed by atoms with Crippen molar-refractivity contribution in [2.75, 3.05) is 18.1 Å². The van der Waals surface area contributed by atoms with Crippen LogP contribution in [-0.4, -0.2) is 19.0 Å². The van der Waals surface area contributed by atoms with E-state index in [4.69, 9.17) is 29.0 Å². The highest BCUT2D eigenvalue weighted by Gasteiger charge is 2.17. The van der Waals surface area contributed by atoms with Gasteiger partial charge in [0.1, 0.15) is 0 Å². The van der Waals surface area contributed by atoms with Crippen LogP contribution in [0.1, 0.15) is 0 Å². The van der Waals surface area contributed by atoms with Gasteiger partial charge in [-0.3, -0.25) is 0 Å². The van der Waals surface area contributed by atoms with Crippen molar-refractivity contribution < 1.29 is 0 Å². The topological polar surface area (TPSA) is 53.6 Å². The van der Waals surface area contributed by atoms with Crippen molar-refractivity contribution in [3.63, 3.8) is 0 Å². The summed E-state index contributed by atoms with van der Waals surface area (Å²) in [4.78, 5) is 4.18. The smallest absolute Gasteiger partial charge is 0.213 e. The molecule has 1 aromatic rings. The Kier molecular flexibility index (Phi) is 3.00. The molecule has 0 radical (unpaired) electrons. The van der Waals surface area contributed by atoms with Crippen molar-refractivity contribution >= 4 is 34.8 Å². The van der Waals surface area contributed by atoms with E-state index >= 15 is 0 Å². The minimum absolute atomic E-state index is 0.501. The van der Waals surface area contributed by atoms with Crippen LogP contribution in [0.5, 0.6) is 0 Å². The Morgan fingerprint density at radius 1 is 1.33 bits per heavy atom. The molecular formula is C9H10Cl2N4. The molecule has 1 heterocycles. The predicted molar refractivity (Wildman–Crippen MR) is 63.4 cm³/mol. The van der Waals surface area contributed by atoms with Crippen LogP contribution < -0.4 is 16.2 Å². The van der Waals surface area contributed by atoms with E-state index in [1.54, 1.807) is 18.2 Å². The van der Waals surface area contributed by atoms with Gasteiger partial charge in [-0.25, -0.2) is 15.8 Å². The quantitative estimate of drug-likeness (QED) is 0.584. The van der Waals surface area contributed by atoms with E-state index in [9.17, 15) is 0 Å². The van der Waals surface area contributed by atoms with E-state index in [0.717, 1.165) is 6.54 Å².